The Bertz CT molecular complexity index is 572. The second-order valence-corrected chi connectivity index (χ2v) is 4.17. The van der Waals surface area contributed by atoms with Crippen LogP contribution in [0.5, 0.6) is 0 Å². The fourth-order valence-electron chi connectivity index (χ4n) is 1.49. The van der Waals surface area contributed by atoms with Crippen LogP contribution < -0.4 is 5.01 Å². The lowest BCUT2D eigenvalue weighted by Gasteiger charge is -2.14. The van der Waals surface area contributed by atoms with Crippen molar-refractivity contribution >= 4 is 34.9 Å². The molecule has 15 heavy (non-hydrogen) atoms. The van der Waals surface area contributed by atoms with E-state index in [9.17, 15) is 4.39 Å². The maximum absolute atomic E-state index is 13.2. The van der Waals surface area contributed by atoms with Crippen molar-refractivity contribution in [2.45, 2.75) is 0 Å². The summed E-state index contributed by atoms with van der Waals surface area (Å²) in [5, 5.41) is 1.89. The molecule has 3 nitrogen and oxygen atoms in total. The SMILES string of the molecule is CN(C)n1c(=S)[nH]c2cc(F)c(Cl)cc21. The summed E-state index contributed by atoms with van der Waals surface area (Å²) >= 11 is 10.8. The normalized spacial score (nSPS) is 10.9. The Kier molecular flexibility index (Phi) is 2.44. The smallest absolute Gasteiger partial charge is 0.197 e. The molecule has 0 unspecified atom stereocenters. The Hall–Kier alpha value is -1.07. The van der Waals surface area contributed by atoms with Crippen LogP contribution in [-0.2, 0) is 0 Å². The van der Waals surface area contributed by atoms with E-state index >= 15 is 0 Å². The number of aromatic amines is 1. The molecule has 1 N–H and O–H groups in total. The number of H-pyrrole nitrogens is 1. The molecule has 2 rings (SSSR count). The van der Waals surface area contributed by atoms with Crippen LogP contribution in [-0.4, -0.2) is 23.8 Å². The predicted molar refractivity (Wildman–Crippen MR) is 62.2 cm³/mol. The van der Waals surface area contributed by atoms with E-state index in [-0.39, 0.29) is 5.02 Å². The average molecular weight is 246 g/mol. The van der Waals surface area contributed by atoms with E-state index in [2.05, 4.69) is 4.98 Å². The second-order valence-electron chi connectivity index (χ2n) is 3.37. The van der Waals surface area contributed by atoms with Gasteiger partial charge in [-0.05, 0) is 18.3 Å². The number of hydrogen-bond donors (Lipinski definition) is 1. The Morgan fingerprint density at radius 2 is 2.13 bits per heavy atom. The highest BCUT2D eigenvalue weighted by Gasteiger charge is 2.09. The van der Waals surface area contributed by atoms with E-state index < -0.39 is 5.82 Å². The molecule has 0 saturated carbocycles. The van der Waals surface area contributed by atoms with E-state index in [4.69, 9.17) is 23.8 Å². The molecule has 1 aromatic heterocycles. The van der Waals surface area contributed by atoms with E-state index in [1.807, 2.05) is 14.1 Å². The van der Waals surface area contributed by atoms with Crippen molar-refractivity contribution in [3.05, 3.63) is 27.7 Å². The van der Waals surface area contributed by atoms with Gasteiger partial charge < -0.3 is 9.99 Å². The van der Waals surface area contributed by atoms with Crippen LogP contribution in [0.25, 0.3) is 11.0 Å². The maximum Gasteiger partial charge on any atom is 0.197 e. The third-order valence-corrected chi connectivity index (χ3v) is 2.67. The van der Waals surface area contributed by atoms with Crippen molar-refractivity contribution in [3.8, 4) is 0 Å². The standard InChI is InChI=1S/C9H9ClFN3S/c1-13(2)14-8-3-5(10)6(11)4-7(8)12-9(14)15/h3-4H,1-2H3,(H,12,15). The monoisotopic (exact) mass is 245 g/mol. The zero-order chi connectivity index (χ0) is 11.2. The van der Waals surface area contributed by atoms with Crippen molar-refractivity contribution in [2.24, 2.45) is 0 Å². The van der Waals surface area contributed by atoms with E-state index in [0.29, 0.717) is 10.3 Å². The minimum Gasteiger partial charge on any atom is -0.329 e. The number of rotatable bonds is 1. The molecule has 0 atom stereocenters. The Morgan fingerprint density at radius 1 is 1.47 bits per heavy atom. The molecule has 0 radical (unpaired) electrons. The van der Waals surface area contributed by atoms with Gasteiger partial charge in [0.05, 0.1) is 16.1 Å². The van der Waals surface area contributed by atoms with Crippen LogP contribution in [0.1, 0.15) is 0 Å². The summed E-state index contributed by atoms with van der Waals surface area (Å²) < 4.78 is 15.4. The minimum absolute atomic E-state index is 0.0899. The highest BCUT2D eigenvalue weighted by Crippen LogP contribution is 2.22. The highest BCUT2D eigenvalue weighted by molar-refractivity contribution is 7.71. The third kappa shape index (κ3) is 1.61. The van der Waals surface area contributed by atoms with Gasteiger partial charge in [0.1, 0.15) is 5.82 Å². The number of aromatic nitrogens is 2. The number of nitrogens with one attached hydrogen (secondary N) is 1. The molecule has 80 valence electrons. The molecule has 0 aliphatic carbocycles. The Balaban J connectivity index is 2.88. The van der Waals surface area contributed by atoms with Gasteiger partial charge in [-0.25, -0.2) is 9.07 Å². The number of halogens is 2. The molecule has 0 aliphatic heterocycles. The zero-order valence-electron chi connectivity index (χ0n) is 8.21. The molecule has 1 heterocycles. The summed E-state index contributed by atoms with van der Waals surface area (Å²) in [6.45, 7) is 0. The van der Waals surface area contributed by atoms with Crippen LogP contribution in [0.15, 0.2) is 12.1 Å². The van der Waals surface area contributed by atoms with Crippen molar-refractivity contribution < 1.29 is 4.39 Å². The molecular formula is C9H9ClFN3S. The third-order valence-electron chi connectivity index (χ3n) is 2.10. The van der Waals surface area contributed by atoms with Gasteiger partial charge in [0.25, 0.3) is 0 Å². The lowest BCUT2D eigenvalue weighted by molar-refractivity contribution is 0.629. The lowest BCUT2D eigenvalue weighted by Crippen LogP contribution is -2.24. The molecule has 0 aliphatic rings. The minimum atomic E-state index is -0.452. The van der Waals surface area contributed by atoms with Gasteiger partial charge >= 0.3 is 0 Å². The van der Waals surface area contributed by atoms with E-state index in [0.717, 1.165) is 5.52 Å². The first-order valence-corrected chi connectivity index (χ1v) is 5.06. The second kappa shape index (κ2) is 3.50. The van der Waals surface area contributed by atoms with Gasteiger partial charge in [-0.1, -0.05) is 11.6 Å². The maximum atomic E-state index is 13.2. The molecule has 2 aromatic rings. The first-order valence-electron chi connectivity index (χ1n) is 4.28. The van der Waals surface area contributed by atoms with E-state index in [1.54, 1.807) is 15.8 Å². The molecule has 0 spiro atoms. The number of imidazole rings is 1. The van der Waals surface area contributed by atoms with Crippen LogP contribution in [0.3, 0.4) is 0 Å². The van der Waals surface area contributed by atoms with Gasteiger partial charge in [0, 0.05) is 20.2 Å². The summed E-state index contributed by atoms with van der Waals surface area (Å²) in [6, 6.07) is 2.89. The van der Waals surface area contributed by atoms with Gasteiger partial charge in [0.15, 0.2) is 4.77 Å². The molecule has 6 heteroatoms. The van der Waals surface area contributed by atoms with Gasteiger partial charge in [-0.3, -0.25) is 0 Å². The molecule has 1 aromatic carbocycles. The highest BCUT2D eigenvalue weighted by atomic mass is 35.5. The molecule has 0 bridgehead atoms. The van der Waals surface area contributed by atoms with Gasteiger partial charge in [-0.2, -0.15) is 0 Å². The summed E-state index contributed by atoms with van der Waals surface area (Å²) in [5.41, 5.74) is 1.40. The summed E-state index contributed by atoms with van der Waals surface area (Å²) in [4.78, 5) is 2.91. The largest absolute Gasteiger partial charge is 0.329 e. The van der Waals surface area contributed by atoms with Crippen LogP contribution in [0.2, 0.25) is 5.02 Å². The number of benzene rings is 1. The van der Waals surface area contributed by atoms with Crippen LogP contribution in [0, 0.1) is 10.6 Å². The Labute approximate surface area is 96.0 Å². The molecule has 0 fully saturated rings. The summed E-state index contributed by atoms with van der Waals surface area (Å²) in [7, 11) is 3.70. The number of hydrogen-bond acceptors (Lipinski definition) is 2. The van der Waals surface area contributed by atoms with Crippen LogP contribution >= 0.6 is 23.8 Å². The van der Waals surface area contributed by atoms with Crippen molar-refractivity contribution in [2.75, 3.05) is 19.1 Å². The molecular weight excluding hydrogens is 237 g/mol. The summed E-state index contributed by atoms with van der Waals surface area (Å²) in [6.07, 6.45) is 0. The molecule has 0 amide bonds. The van der Waals surface area contributed by atoms with Crippen molar-refractivity contribution in [3.63, 3.8) is 0 Å². The topological polar surface area (TPSA) is 24.0 Å². The fraction of sp³-hybridized carbons (Fsp3) is 0.222. The fourth-order valence-corrected chi connectivity index (χ4v) is 2.02. The Morgan fingerprint density at radius 3 is 2.73 bits per heavy atom. The summed E-state index contributed by atoms with van der Waals surface area (Å²) in [5.74, 6) is -0.452. The van der Waals surface area contributed by atoms with Crippen molar-refractivity contribution in [1.29, 1.82) is 0 Å². The predicted octanol–water partition coefficient (Wildman–Crippen LogP) is 2.69. The number of fused-ring (bicyclic) bond motifs is 1. The van der Waals surface area contributed by atoms with Gasteiger partial charge in [-0.15, -0.1) is 0 Å². The van der Waals surface area contributed by atoms with Gasteiger partial charge in [0.2, 0.25) is 0 Å². The number of nitrogens with zero attached hydrogens (tertiary/aromatic N) is 2. The zero-order valence-corrected chi connectivity index (χ0v) is 9.79. The lowest BCUT2D eigenvalue weighted by atomic mass is 10.3. The quantitative estimate of drug-likeness (QED) is 0.781. The van der Waals surface area contributed by atoms with Crippen LogP contribution in [0.4, 0.5) is 4.39 Å². The van der Waals surface area contributed by atoms with E-state index in [1.165, 1.54) is 6.07 Å². The average Bonchev–Trinajstić information content (AvgIpc) is 2.41. The first-order chi connectivity index (χ1) is 7.00. The van der Waals surface area contributed by atoms with Crippen molar-refractivity contribution in [1.82, 2.24) is 9.66 Å². The molecule has 0 saturated heterocycles. The first kappa shape index (κ1) is 10.4.